The predicted molar refractivity (Wildman–Crippen MR) is 95.5 cm³/mol. The lowest BCUT2D eigenvalue weighted by atomic mass is 9.92. The zero-order valence-electron chi connectivity index (χ0n) is 14.8. The van der Waals surface area contributed by atoms with Crippen molar-refractivity contribution in [3.63, 3.8) is 0 Å². The van der Waals surface area contributed by atoms with Crippen LogP contribution in [0, 0.1) is 0 Å². The van der Waals surface area contributed by atoms with Crippen molar-refractivity contribution < 1.29 is 18.4 Å². The van der Waals surface area contributed by atoms with Crippen molar-refractivity contribution in [2.45, 2.75) is 25.5 Å². The molecule has 3 rings (SSSR count). The van der Waals surface area contributed by atoms with E-state index in [1.54, 1.807) is 31.6 Å². The van der Waals surface area contributed by atoms with Gasteiger partial charge < -0.3 is 5.73 Å². The van der Waals surface area contributed by atoms with Crippen LogP contribution >= 0.6 is 0 Å². The molecule has 27 heavy (non-hydrogen) atoms. The van der Waals surface area contributed by atoms with Gasteiger partial charge in [0.25, 0.3) is 0 Å². The topological polar surface area (TPSA) is 71.7 Å². The first kappa shape index (κ1) is 18.9. The Morgan fingerprint density at radius 1 is 1.22 bits per heavy atom. The first-order chi connectivity index (χ1) is 13.0. The van der Waals surface area contributed by atoms with E-state index in [9.17, 15) is 13.6 Å². The normalized spacial score (nSPS) is 17.8. The summed E-state index contributed by atoms with van der Waals surface area (Å²) in [6.07, 6.45) is 3.60. The number of hydrogen-bond donors (Lipinski definition) is 1. The number of carbonyl (C=O) groups excluding carboxylic acids is 1. The minimum Gasteiger partial charge on any atom is -0.370 e. The molecule has 6 nitrogen and oxygen atoms in total. The summed E-state index contributed by atoms with van der Waals surface area (Å²) in [5.41, 5.74) is 8.38. The molecule has 2 N–H and O–H groups in total. The van der Waals surface area contributed by atoms with Gasteiger partial charge in [-0.25, -0.2) is 4.84 Å². The number of carbonyl (C=O) groups is 1. The molecule has 142 valence electrons. The lowest BCUT2D eigenvalue weighted by Gasteiger charge is -2.31. The zero-order chi connectivity index (χ0) is 19.4. The third-order valence-electron chi connectivity index (χ3n) is 4.39. The fourth-order valence-electron chi connectivity index (χ4n) is 3.27. The fourth-order valence-corrected chi connectivity index (χ4v) is 3.27. The average Bonchev–Trinajstić information content (AvgIpc) is 2.93. The highest BCUT2D eigenvalue weighted by atomic mass is 19.3. The number of nitrogens with two attached hydrogens (primary N) is 1. The second-order valence-electron chi connectivity index (χ2n) is 6.07. The van der Waals surface area contributed by atoms with E-state index in [1.165, 1.54) is 5.01 Å². The fraction of sp³-hybridized carbons (Fsp3) is 0.263. The zero-order valence-corrected chi connectivity index (χ0v) is 14.8. The third kappa shape index (κ3) is 4.12. The summed E-state index contributed by atoms with van der Waals surface area (Å²) in [4.78, 5) is 20.2. The number of amides is 1. The Morgan fingerprint density at radius 3 is 2.48 bits per heavy atom. The monoisotopic (exact) mass is 374 g/mol. The molecule has 1 aliphatic rings. The number of hydrogen-bond acceptors (Lipinski definition) is 5. The maximum absolute atomic E-state index is 13.1. The number of hydroxylamine groups is 1. The van der Waals surface area contributed by atoms with Crippen LogP contribution < -0.4 is 5.73 Å². The van der Waals surface area contributed by atoms with Crippen molar-refractivity contribution in [2.24, 2.45) is 5.73 Å². The first-order valence-corrected chi connectivity index (χ1v) is 8.43. The van der Waals surface area contributed by atoms with E-state index < -0.39 is 18.6 Å². The van der Waals surface area contributed by atoms with Gasteiger partial charge in [0.2, 0.25) is 5.91 Å². The summed E-state index contributed by atoms with van der Waals surface area (Å²) in [6, 6.07) is 12.3. The molecule has 0 fully saturated rings. The standard InChI is InChI=1S/C19H20F2N4O2/c1-24-15(7-8-16(22)26)17(13-5-3-2-4-6-13)18(25(24)27-19(20)21)14-9-11-23-12-10-14/h2-6,9-12,18-19H,7-8H2,1H3,(H2,22,26). The minimum atomic E-state index is -3.00. The number of benzene rings is 1. The van der Waals surface area contributed by atoms with Crippen LogP contribution in [0.5, 0.6) is 0 Å². The Balaban J connectivity index is 2.14. The Labute approximate surface area is 155 Å². The summed E-state index contributed by atoms with van der Waals surface area (Å²) in [5, 5.41) is 2.65. The number of aromatic nitrogens is 1. The van der Waals surface area contributed by atoms with Gasteiger partial charge in [-0.05, 0) is 29.7 Å². The summed E-state index contributed by atoms with van der Waals surface area (Å²) < 4.78 is 26.2. The van der Waals surface area contributed by atoms with E-state index in [4.69, 9.17) is 10.6 Å². The third-order valence-corrected chi connectivity index (χ3v) is 4.39. The van der Waals surface area contributed by atoms with Gasteiger partial charge in [-0.1, -0.05) is 35.5 Å². The van der Waals surface area contributed by atoms with E-state index in [0.717, 1.165) is 21.9 Å². The molecule has 1 aromatic heterocycles. The molecule has 1 aliphatic heterocycles. The van der Waals surface area contributed by atoms with Crippen molar-refractivity contribution >= 4 is 11.5 Å². The van der Waals surface area contributed by atoms with Crippen LogP contribution in [0.4, 0.5) is 8.78 Å². The highest BCUT2D eigenvalue weighted by Crippen LogP contribution is 2.46. The van der Waals surface area contributed by atoms with Crippen molar-refractivity contribution in [1.82, 2.24) is 15.2 Å². The quantitative estimate of drug-likeness (QED) is 0.806. The summed E-state index contributed by atoms with van der Waals surface area (Å²) >= 11 is 0. The van der Waals surface area contributed by atoms with Crippen LogP contribution in [0.2, 0.25) is 0 Å². The van der Waals surface area contributed by atoms with E-state index in [1.807, 2.05) is 30.3 Å². The molecule has 1 aromatic carbocycles. The molecule has 0 radical (unpaired) electrons. The second kappa shape index (κ2) is 8.24. The van der Waals surface area contributed by atoms with Crippen LogP contribution in [-0.4, -0.2) is 34.7 Å². The highest BCUT2D eigenvalue weighted by molar-refractivity contribution is 5.77. The van der Waals surface area contributed by atoms with Crippen LogP contribution in [0.3, 0.4) is 0 Å². The van der Waals surface area contributed by atoms with Crippen LogP contribution in [0.25, 0.3) is 5.57 Å². The minimum absolute atomic E-state index is 0.0988. The number of rotatable bonds is 7. The lowest BCUT2D eigenvalue weighted by molar-refractivity contribution is -0.353. The Morgan fingerprint density at radius 2 is 1.89 bits per heavy atom. The maximum Gasteiger partial charge on any atom is 0.362 e. The molecule has 8 heteroatoms. The molecule has 2 heterocycles. The molecule has 0 aliphatic carbocycles. The molecule has 1 unspecified atom stereocenters. The Bertz CT molecular complexity index is 815. The molecular weight excluding hydrogens is 354 g/mol. The van der Waals surface area contributed by atoms with Gasteiger partial charge in [0.1, 0.15) is 6.04 Å². The van der Waals surface area contributed by atoms with Gasteiger partial charge in [-0.3, -0.25) is 14.8 Å². The molecule has 2 aromatic rings. The first-order valence-electron chi connectivity index (χ1n) is 8.43. The highest BCUT2D eigenvalue weighted by Gasteiger charge is 2.40. The number of pyridine rings is 1. The van der Waals surface area contributed by atoms with Crippen molar-refractivity contribution in [2.75, 3.05) is 7.05 Å². The van der Waals surface area contributed by atoms with Gasteiger partial charge in [-0.2, -0.15) is 8.78 Å². The molecular formula is C19H20F2N4O2. The number of alkyl halides is 2. The smallest absolute Gasteiger partial charge is 0.362 e. The van der Waals surface area contributed by atoms with Crippen LogP contribution in [0.15, 0.2) is 60.6 Å². The molecule has 1 amide bonds. The van der Waals surface area contributed by atoms with Crippen LogP contribution in [-0.2, 0) is 9.63 Å². The van der Waals surface area contributed by atoms with E-state index >= 15 is 0 Å². The van der Waals surface area contributed by atoms with Gasteiger partial charge in [0.15, 0.2) is 0 Å². The number of halogens is 2. The number of primary amides is 1. The Hall–Kier alpha value is -2.84. The van der Waals surface area contributed by atoms with Gasteiger partial charge in [-0.15, -0.1) is 0 Å². The van der Waals surface area contributed by atoms with Gasteiger partial charge in [0.05, 0.1) is 0 Å². The van der Waals surface area contributed by atoms with Crippen molar-refractivity contribution in [1.29, 1.82) is 0 Å². The number of nitrogens with zero attached hydrogens (tertiary/aromatic N) is 3. The van der Waals surface area contributed by atoms with Gasteiger partial charge >= 0.3 is 6.61 Å². The number of hydrazine groups is 1. The maximum atomic E-state index is 13.1. The molecule has 0 saturated heterocycles. The van der Waals surface area contributed by atoms with Crippen molar-refractivity contribution in [3.8, 4) is 0 Å². The van der Waals surface area contributed by atoms with Gasteiger partial charge in [0, 0.05) is 37.1 Å². The Kier molecular flexibility index (Phi) is 5.78. The molecule has 0 bridgehead atoms. The van der Waals surface area contributed by atoms with E-state index in [0.29, 0.717) is 12.1 Å². The van der Waals surface area contributed by atoms with E-state index in [-0.39, 0.29) is 6.42 Å². The molecule has 0 saturated carbocycles. The molecule has 1 atom stereocenters. The SMILES string of the molecule is CN1C(CCC(N)=O)=C(c2ccccc2)C(c2ccncc2)N1OC(F)F. The largest absolute Gasteiger partial charge is 0.370 e. The summed E-state index contributed by atoms with van der Waals surface area (Å²) in [7, 11) is 1.63. The lowest BCUT2D eigenvalue weighted by Crippen LogP contribution is -2.38. The van der Waals surface area contributed by atoms with Crippen LogP contribution in [0.1, 0.15) is 30.0 Å². The van der Waals surface area contributed by atoms with E-state index in [2.05, 4.69) is 4.98 Å². The molecule has 0 spiro atoms. The summed E-state index contributed by atoms with van der Waals surface area (Å²) in [5.74, 6) is -0.461. The summed E-state index contributed by atoms with van der Waals surface area (Å²) in [6.45, 7) is -3.00. The predicted octanol–water partition coefficient (Wildman–Crippen LogP) is 3.12. The van der Waals surface area contributed by atoms with Crippen molar-refractivity contribution in [3.05, 3.63) is 71.7 Å². The average molecular weight is 374 g/mol. The second-order valence-corrected chi connectivity index (χ2v) is 6.07. The number of allylic oxidation sites excluding steroid dienone is 1.